The first-order chi connectivity index (χ1) is 14.6. The second-order valence-corrected chi connectivity index (χ2v) is 9.66. The van der Waals surface area contributed by atoms with Crippen molar-refractivity contribution in [1.82, 2.24) is 20.6 Å². The number of hydrogen-bond donors (Lipinski definition) is 2. The zero-order valence-corrected chi connectivity index (χ0v) is 18.7. The van der Waals surface area contributed by atoms with Crippen molar-refractivity contribution in [3.63, 3.8) is 0 Å². The number of aryl methyl sites for hydroxylation is 1. The molecule has 3 heterocycles. The van der Waals surface area contributed by atoms with Crippen LogP contribution in [0.4, 0.5) is 11.5 Å². The van der Waals surface area contributed by atoms with Crippen LogP contribution in [-0.2, 0) is 18.4 Å². The highest BCUT2D eigenvalue weighted by Crippen LogP contribution is 2.52. The van der Waals surface area contributed by atoms with Crippen molar-refractivity contribution in [3.8, 4) is 0 Å². The Hall–Kier alpha value is -1.98. The molecule has 3 aliphatic rings. The van der Waals surface area contributed by atoms with Crippen molar-refractivity contribution in [2.75, 3.05) is 24.5 Å². The molecule has 0 unspecified atom stereocenters. The van der Waals surface area contributed by atoms with E-state index in [1.807, 2.05) is 0 Å². The third kappa shape index (κ3) is 3.23. The molecule has 0 radical (unpaired) electrons. The van der Waals surface area contributed by atoms with Gasteiger partial charge in [0, 0.05) is 41.5 Å². The smallest absolute Gasteiger partial charge is 0.140 e. The average molecular weight is 406 g/mol. The molecule has 0 bridgehead atoms. The molecule has 0 amide bonds. The molecule has 5 heteroatoms. The van der Waals surface area contributed by atoms with Gasteiger partial charge in [0.15, 0.2) is 0 Å². The number of nitrogens with zero attached hydrogens (tertiary/aromatic N) is 3. The highest BCUT2D eigenvalue weighted by Gasteiger charge is 2.46. The number of rotatable bonds is 5. The summed E-state index contributed by atoms with van der Waals surface area (Å²) in [5, 5.41) is 7.26. The molecule has 2 aromatic rings. The molecule has 2 N–H and O–H groups in total. The number of aromatic nitrogens is 2. The summed E-state index contributed by atoms with van der Waals surface area (Å²) in [6.45, 7) is 10.9. The molecule has 1 saturated heterocycles. The van der Waals surface area contributed by atoms with Crippen LogP contribution >= 0.6 is 0 Å². The average Bonchev–Trinajstić information content (AvgIpc) is 3.33. The third-order valence-corrected chi connectivity index (χ3v) is 7.50. The molecule has 1 spiro atoms. The van der Waals surface area contributed by atoms with Crippen LogP contribution < -0.4 is 15.5 Å². The van der Waals surface area contributed by atoms with Gasteiger partial charge in [-0.3, -0.25) is 0 Å². The van der Waals surface area contributed by atoms with E-state index < -0.39 is 0 Å². The Morgan fingerprint density at radius 1 is 1.23 bits per heavy atom. The second-order valence-electron chi connectivity index (χ2n) is 9.66. The Balaban J connectivity index is 1.63. The maximum Gasteiger partial charge on any atom is 0.140 e. The molecule has 30 heavy (non-hydrogen) atoms. The zero-order chi connectivity index (χ0) is 20.7. The van der Waals surface area contributed by atoms with Crippen LogP contribution in [0.1, 0.15) is 74.8 Å². The summed E-state index contributed by atoms with van der Waals surface area (Å²) in [4.78, 5) is 12.1. The van der Waals surface area contributed by atoms with Gasteiger partial charge >= 0.3 is 0 Å². The lowest BCUT2D eigenvalue weighted by Crippen LogP contribution is -2.43. The molecule has 1 fully saturated rings. The van der Waals surface area contributed by atoms with E-state index in [9.17, 15) is 0 Å². The van der Waals surface area contributed by atoms with Crippen LogP contribution in [0.15, 0.2) is 24.5 Å². The largest absolute Gasteiger partial charge is 0.325 e. The Morgan fingerprint density at radius 2 is 2.07 bits per heavy atom. The Morgan fingerprint density at radius 3 is 2.83 bits per heavy atom. The molecule has 0 saturated carbocycles. The van der Waals surface area contributed by atoms with Crippen molar-refractivity contribution >= 4 is 11.5 Å². The van der Waals surface area contributed by atoms with Crippen LogP contribution in [0.2, 0.25) is 0 Å². The van der Waals surface area contributed by atoms with E-state index in [-0.39, 0.29) is 5.41 Å². The van der Waals surface area contributed by atoms with E-state index in [0.717, 1.165) is 32.6 Å². The van der Waals surface area contributed by atoms with Gasteiger partial charge in [-0.05, 0) is 68.3 Å². The summed E-state index contributed by atoms with van der Waals surface area (Å²) in [7, 11) is 0. The fourth-order valence-corrected chi connectivity index (χ4v) is 5.97. The van der Waals surface area contributed by atoms with Gasteiger partial charge in [-0.1, -0.05) is 32.9 Å². The van der Waals surface area contributed by atoms with Gasteiger partial charge < -0.3 is 15.5 Å². The topological polar surface area (TPSA) is 53.1 Å². The number of benzene rings is 1. The van der Waals surface area contributed by atoms with Crippen LogP contribution in [0.3, 0.4) is 0 Å². The molecule has 1 aromatic carbocycles. The third-order valence-electron chi connectivity index (χ3n) is 7.50. The second kappa shape index (κ2) is 7.93. The predicted octanol–water partition coefficient (Wildman–Crippen LogP) is 4.19. The van der Waals surface area contributed by atoms with E-state index >= 15 is 0 Å². The van der Waals surface area contributed by atoms with E-state index in [2.05, 4.69) is 59.5 Å². The monoisotopic (exact) mass is 405 g/mol. The van der Waals surface area contributed by atoms with Gasteiger partial charge in [0.25, 0.3) is 0 Å². The highest BCUT2D eigenvalue weighted by molar-refractivity contribution is 5.75. The summed E-state index contributed by atoms with van der Waals surface area (Å²) in [5.41, 5.74) is 7.32. The van der Waals surface area contributed by atoms with E-state index in [0.29, 0.717) is 12.0 Å². The molecular formula is C25H35N5. The molecule has 160 valence electrons. The first kappa shape index (κ1) is 20.0. The SMILES string of the molecule is CC[C@@H]1CCc2ncnc(N3CC4(CCNCC4)c4c(CNC(C)C)cccc43)c21. The number of nitrogens with one attached hydrogen (secondary N) is 2. The van der Waals surface area contributed by atoms with Crippen molar-refractivity contribution in [2.45, 2.75) is 76.8 Å². The maximum absolute atomic E-state index is 4.89. The summed E-state index contributed by atoms with van der Waals surface area (Å²) >= 11 is 0. The first-order valence-electron chi connectivity index (χ1n) is 11.8. The molecule has 5 rings (SSSR count). The minimum Gasteiger partial charge on any atom is -0.325 e. The van der Waals surface area contributed by atoms with Gasteiger partial charge in [-0.25, -0.2) is 9.97 Å². The van der Waals surface area contributed by atoms with Crippen LogP contribution in [0.25, 0.3) is 0 Å². The van der Waals surface area contributed by atoms with Gasteiger partial charge in [-0.15, -0.1) is 0 Å². The maximum atomic E-state index is 4.89. The van der Waals surface area contributed by atoms with Crippen LogP contribution in [0.5, 0.6) is 0 Å². The minimum atomic E-state index is 0.216. The lowest BCUT2D eigenvalue weighted by atomic mass is 9.73. The summed E-state index contributed by atoms with van der Waals surface area (Å²) in [5.74, 6) is 1.77. The Kier molecular flexibility index (Phi) is 5.28. The minimum absolute atomic E-state index is 0.216. The number of fused-ring (bicyclic) bond motifs is 3. The van der Waals surface area contributed by atoms with Crippen LogP contribution in [-0.4, -0.2) is 35.6 Å². The zero-order valence-electron chi connectivity index (χ0n) is 18.7. The van der Waals surface area contributed by atoms with Crippen LogP contribution in [0, 0.1) is 0 Å². The first-order valence-corrected chi connectivity index (χ1v) is 11.8. The van der Waals surface area contributed by atoms with E-state index in [1.54, 1.807) is 11.9 Å². The molecule has 1 aromatic heterocycles. The van der Waals surface area contributed by atoms with Crippen molar-refractivity contribution < 1.29 is 0 Å². The van der Waals surface area contributed by atoms with E-state index in [4.69, 9.17) is 4.98 Å². The van der Waals surface area contributed by atoms with E-state index in [1.165, 1.54) is 54.0 Å². The summed E-state index contributed by atoms with van der Waals surface area (Å²) in [6, 6.07) is 7.38. The van der Waals surface area contributed by atoms with Crippen molar-refractivity contribution in [3.05, 3.63) is 46.9 Å². The molecule has 5 nitrogen and oxygen atoms in total. The highest BCUT2D eigenvalue weighted by atomic mass is 15.2. The standard InChI is InChI=1S/C25H35N5/c1-4-18-8-9-20-22(18)24(29-16-28-20)30-15-25(10-12-26-13-11-25)23-19(14-27-17(2)3)6-5-7-21(23)30/h5-7,16-18,26-27H,4,8-15H2,1-3H3/t18-/m1/s1. The molecule has 1 atom stereocenters. The van der Waals surface area contributed by atoms with Gasteiger partial charge in [0.2, 0.25) is 0 Å². The molecule has 1 aliphatic carbocycles. The van der Waals surface area contributed by atoms with Gasteiger partial charge in [-0.2, -0.15) is 0 Å². The van der Waals surface area contributed by atoms with Crippen molar-refractivity contribution in [1.29, 1.82) is 0 Å². The van der Waals surface area contributed by atoms with Gasteiger partial charge in [0.05, 0.1) is 0 Å². The summed E-state index contributed by atoms with van der Waals surface area (Å²) in [6.07, 6.45) is 7.66. The number of hydrogen-bond acceptors (Lipinski definition) is 5. The fraction of sp³-hybridized carbons (Fsp3) is 0.600. The predicted molar refractivity (Wildman–Crippen MR) is 123 cm³/mol. The lowest BCUT2D eigenvalue weighted by Gasteiger charge is -2.36. The quantitative estimate of drug-likeness (QED) is 0.781. The Labute approximate surface area is 180 Å². The Bertz CT molecular complexity index is 916. The lowest BCUT2D eigenvalue weighted by molar-refractivity contribution is 0.326. The summed E-state index contributed by atoms with van der Waals surface area (Å²) < 4.78 is 0. The normalized spacial score (nSPS) is 22.0. The fourth-order valence-electron chi connectivity index (χ4n) is 5.97. The van der Waals surface area contributed by atoms with Crippen molar-refractivity contribution in [2.24, 2.45) is 0 Å². The van der Waals surface area contributed by atoms with Gasteiger partial charge in [0.1, 0.15) is 12.1 Å². The molecule has 2 aliphatic heterocycles. The molecular weight excluding hydrogens is 370 g/mol. The number of piperidine rings is 1. The number of anilines is 2.